The average Bonchev–Trinajstić information content (AvgIpc) is 2.71. The van der Waals surface area contributed by atoms with E-state index in [-0.39, 0.29) is 6.03 Å². The number of anilines is 2. The van der Waals surface area contributed by atoms with Crippen molar-refractivity contribution in [1.29, 1.82) is 0 Å². The molecule has 3 aromatic carbocycles. The second-order valence-corrected chi connectivity index (χ2v) is 6.37. The second kappa shape index (κ2) is 8.77. The van der Waals surface area contributed by atoms with E-state index in [4.69, 9.17) is 0 Å². The van der Waals surface area contributed by atoms with Gasteiger partial charge in [0, 0.05) is 11.4 Å². The summed E-state index contributed by atoms with van der Waals surface area (Å²) in [7, 11) is 0. The molecule has 5 heteroatoms. The van der Waals surface area contributed by atoms with Crippen LogP contribution in [-0.2, 0) is 0 Å². The lowest BCUT2D eigenvalue weighted by Gasteiger charge is -2.08. The van der Waals surface area contributed by atoms with Crippen molar-refractivity contribution >= 4 is 34.9 Å². The molecular formula is C23H22N4O. The predicted octanol–water partition coefficient (Wildman–Crippen LogP) is 7.01. The lowest BCUT2D eigenvalue weighted by atomic mass is 10.1. The molecule has 2 amide bonds. The van der Waals surface area contributed by atoms with Crippen LogP contribution in [0.25, 0.3) is 6.08 Å². The van der Waals surface area contributed by atoms with E-state index in [0.29, 0.717) is 17.1 Å². The van der Waals surface area contributed by atoms with Gasteiger partial charge in [-0.25, -0.2) is 4.79 Å². The first kappa shape index (κ1) is 19.0. The highest BCUT2D eigenvalue weighted by molar-refractivity contribution is 5.99. The van der Waals surface area contributed by atoms with Crippen molar-refractivity contribution in [3.8, 4) is 0 Å². The highest BCUT2D eigenvalue weighted by atomic mass is 16.2. The summed E-state index contributed by atoms with van der Waals surface area (Å²) in [5.74, 6) is 0. The Kier molecular flexibility index (Phi) is 5.97. The molecule has 140 valence electrons. The normalized spacial score (nSPS) is 10.6. The van der Waals surface area contributed by atoms with Crippen molar-refractivity contribution < 1.29 is 4.79 Å². The van der Waals surface area contributed by atoms with Crippen molar-refractivity contribution in [2.75, 3.05) is 10.6 Å². The zero-order valence-electron chi connectivity index (χ0n) is 15.9. The van der Waals surface area contributed by atoms with Gasteiger partial charge in [-0.1, -0.05) is 36.9 Å². The number of rotatable bonds is 5. The third kappa shape index (κ3) is 4.92. The van der Waals surface area contributed by atoms with Gasteiger partial charge in [-0.15, -0.1) is 0 Å². The number of carbonyl (C=O) groups excluding carboxylic acids is 1. The molecule has 0 aliphatic heterocycles. The van der Waals surface area contributed by atoms with Gasteiger partial charge in [0.15, 0.2) is 0 Å². The Morgan fingerprint density at radius 3 is 2.07 bits per heavy atom. The molecule has 5 nitrogen and oxygen atoms in total. The number of amides is 2. The minimum Gasteiger partial charge on any atom is -0.308 e. The van der Waals surface area contributed by atoms with E-state index in [9.17, 15) is 4.79 Å². The van der Waals surface area contributed by atoms with Gasteiger partial charge in [-0.2, -0.15) is 10.2 Å². The lowest BCUT2D eigenvalue weighted by molar-refractivity contribution is 0.262. The second-order valence-electron chi connectivity index (χ2n) is 6.37. The lowest BCUT2D eigenvalue weighted by Crippen LogP contribution is -2.19. The third-order valence-corrected chi connectivity index (χ3v) is 4.38. The molecule has 2 N–H and O–H groups in total. The SMILES string of the molecule is C=Cc1ccc(NC(=O)Nc2ccc(/N=N/c3cccc(C)c3C)cc2)cc1. The number of benzene rings is 3. The van der Waals surface area contributed by atoms with Crippen molar-refractivity contribution in [1.82, 2.24) is 0 Å². The summed E-state index contributed by atoms with van der Waals surface area (Å²) in [6.07, 6.45) is 1.75. The van der Waals surface area contributed by atoms with Crippen LogP contribution < -0.4 is 10.6 Å². The van der Waals surface area contributed by atoms with E-state index in [0.717, 1.165) is 16.8 Å². The van der Waals surface area contributed by atoms with Crippen LogP contribution in [0.3, 0.4) is 0 Å². The Morgan fingerprint density at radius 1 is 0.857 bits per heavy atom. The Hall–Kier alpha value is -3.73. The number of aryl methyl sites for hydroxylation is 1. The Morgan fingerprint density at radius 2 is 1.46 bits per heavy atom. The molecule has 0 heterocycles. The Bertz CT molecular complexity index is 1010. The van der Waals surface area contributed by atoms with Gasteiger partial charge in [0.25, 0.3) is 0 Å². The molecule has 3 aromatic rings. The van der Waals surface area contributed by atoms with Crippen LogP contribution in [0.2, 0.25) is 0 Å². The standard InChI is InChI=1S/C23H22N4O/c1-4-18-8-10-19(11-9-18)24-23(28)25-20-12-14-21(15-13-20)26-27-22-7-5-6-16(2)17(22)3/h4-15H,1H2,2-3H3,(H2,24,25,28)/b27-26+. The summed E-state index contributed by atoms with van der Waals surface area (Å²) < 4.78 is 0. The van der Waals surface area contributed by atoms with E-state index < -0.39 is 0 Å². The molecule has 0 atom stereocenters. The minimum absolute atomic E-state index is 0.309. The maximum absolute atomic E-state index is 12.1. The molecule has 0 saturated heterocycles. The molecular weight excluding hydrogens is 348 g/mol. The summed E-state index contributed by atoms with van der Waals surface area (Å²) in [5.41, 5.74) is 6.24. The van der Waals surface area contributed by atoms with E-state index in [1.807, 2.05) is 68.4 Å². The van der Waals surface area contributed by atoms with Gasteiger partial charge in [0.05, 0.1) is 11.4 Å². The fourth-order valence-corrected chi connectivity index (χ4v) is 2.56. The molecule has 0 aliphatic carbocycles. The molecule has 0 aromatic heterocycles. The Balaban J connectivity index is 1.60. The average molecular weight is 370 g/mol. The maximum Gasteiger partial charge on any atom is 0.323 e. The molecule has 3 rings (SSSR count). The first-order valence-electron chi connectivity index (χ1n) is 8.94. The summed E-state index contributed by atoms with van der Waals surface area (Å²) in [4.78, 5) is 12.1. The molecule has 0 radical (unpaired) electrons. The van der Waals surface area contributed by atoms with Crippen LogP contribution in [0.5, 0.6) is 0 Å². The number of azo groups is 1. The van der Waals surface area contributed by atoms with Crippen molar-refractivity contribution in [3.63, 3.8) is 0 Å². The van der Waals surface area contributed by atoms with Crippen molar-refractivity contribution in [2.24, 2.45) is 10.2 Å². The highest BCUT2D eigenvalue weighted by Gasteiger charge is 2.03. The largest absolute Gasteiger partial charge is 0.323 e. The number of nitrogens with one attached hydrogen (secondary N) is 2. The fraction of sp³-hybridized carbons (Fsp3) is 0.0870. The number of nitrogens with zero attached hydrogens (tertiary/aromatic N) is 2. The zero-order chi connectivity index (χ0) is 19.9. The van der Waals surface area contributed by atoms with E-state index in [1.54, 1.807) is 18.2 Å². The van der Waals surface area contributed by atoms with Crippen LogP contribution in [0.4, 0.5) is 27.5 Å². The van der Waals surface area contributed by atoms with Gasteiger partial charge in [0.2, 0.25) is 0 Å². The maximum atomic E-state index is 12.1. The first-order valence-corrected chi connectivity index (χ1v) is 8.94. The topological polar surface area (TPSA) is 65.8 Å². The van der Waals surface area contributed by atoms with Gasteiger partial charge >= 0.3 is 6.03 Å². The van der Waals surface area contributed by atoms with E-state index in [1.165, 1.54) is 5.56 Å². The molecule has 0 unspecified atom stereocenters. The van der Waals surface area contributed by atoms with Crippen LogP contribution in [0.1, 0.15) is 16.7 Å². The first-order chi connectivity index (χ1) is 13.5. The van der Waals surface area contributed by atoms with Crippen molar-refractivity contribution in [3.05, 3.63) is 90.0 Å². The quantitative estimate of drug-likeness (QED) is 0.466. The van der Waals surface area contributed by atoms with Crippen molar-refractivity contribution in [2.45, 2.75) is 13.8 Å². The predicted molar refractivity (Wildman–Crippen MR) is 116 cm³/mol. The van der Waals surface area contributed by atoms with Gasteiger partial charge in [0.1, 0.15) is 0 Å². The molecule has 0 spiro atoms. The summed E-state index contributed by atoms with van der Waals surface area (Å²) in [6, 6.07) is 20.3. The van der Waals surface area contributed by atoms with Crippen LogP contribution in [-0.4, -0.2) is 6.03 Å². The highest BCUT2D eigenvalue weighted by Crippen LogP contribution is 2.24. The smallest absolute Gasteiger partial charge is 0.308 e. The zero-order valence-corrected chi connectivity index (χ0v) is 15.9. The summed E-state index contributed by atoms with van der Waals surface area (Å²) >= 11 is 0. The van der Waals surface area contributed by atoms with Crippen LogP contribution >= 0.6 is 0 Å². The molecule has 0 fully saturated rings. The van der Waals surface area contributed by atoms with E-state index in [2.05, 4.69) is 27.4 Å². The minimum atomic E-state index is -0.309. The Labute approximate surface area is 164 Å². The van der Waals surface area contributed by atoms with Gasteiger partial charge < -0.3 is 10.6 Å². The number of hydrogen-bond donors (Lipinski definition) is 2. The molecule has 0 aliphatic rings. The number of urea groups is 1. The third-order valence-electron chi connectivity index (χ3n) is 4.38. The molecule has 0 saturated carbocycles. The molecule has 28 heavy (non-hydrogen) atoms. The monoisotopic (exact) mass is 370 g/mol. The fourth-order valence-electron chi connectivity index (χ4n) is 2.56. The number of carbonyl (C=O) groups is 1. The van der Waals surface area contributed by atoms with Crippen LogP contribution in [0, 0.1) is 13.8 Å². The summed E-state index contributed by atoms with van der Waals surface area (Å²) in [5, 5.41) is 14.2. The van der Waals surface area contributed by atoms with Crippen LogP contribution in [0.15, 0.2) is 83.5 Å². The summed E-state index contributed by atoms with van der Waals surface area (Å²) in [6.45, 7) is 7.79. The van der Waals surface area contributed by atoms with Gasteiger partial charge in [-0.05, 0) is 73.0 Å². The van der Waals surface area contributed by atoms with E-state index >= 15 is 0 Å². The molecule has 0 bridgehead atoms. The van der Waals surface area contributed by atoms with Gasteiger partial charge in [-0.3, -0.25) is 0 Å². The number of hydrogen-bond acceptors (Lipinski definition) is 3.